The summed E-state index contributed by atoms with van der Waals surface area (Å²) in [6, 6.07) is 4.87. The van der Waals surface area contributed by atoms with Crippen molar-refractivity contribution in [3.63, 3.8) is 0 Å². The average molecular weight is 250 g/mol. The van der Waals surface area contributed by atoms with Crippen LogP contribution in [0, 0.1) is 0 Å². The number of nitrogen functional groups attached to an aromatic ring is 1. The number of nitrogens with one attached hydrogen (secondary N) is 1. The van der Waals surface area contributed by atoms with E-state index in [0.29, 0.717) is 18.0 Å². The molecule has 0 saturated carbocycles. The SMILES string of the molecule is CC1(Nc2ccc(N)cc2C(=O)O)CCCOC1. The molecule has 0 aromatic heterocycles. The Balaban J connectivity index is 2.25. The topological polar surface area (TPSA) is 84.6 Å². The summed E-state index contributed by atoms with van der Waals surface area (Å²) in [6.45, 7) is 3.38. The maximum atomic E-state index is 11.2. The van der Waals surface area contributed by atoms with Crippen molar-refractivity contribution in [1.29, 1.82) is 0 Å². The maximum Gasteiger partial charge on any atom is 0.337 e. The van der Waals surface area contributed by atoms with E-state index in [1.165, 1.54) is 6.07 Å². The third-order valence-corrected chi connectivity index (χ3v) is 3.15. The first kappa shape index (κ1) is 12.7. The Hall–Kier alpha value is -1.75. The van der Waals surface area contributed by atoms with Crippen LogP contribution in [0.15, 0.2) is 18.2 Å². The van der Waals surface area contributed by atoms with Gasteiger partial charge < -0.3 is 20.9 Å². The normalized spacial score (nSPS) is 23.6. The molecule has 0 amide bonds. The van der Waals surface area contributed by atoms with Crippen molar-refractivity contribution in [2.24, 2.45) is 0 Å². The number of nitrogens with two attached hydrogens (primary N) is 1. The van der Waals surface area contributed by atoms with Crippen molar-refractivity contribution in [2.75, 3.05) is 24.3 Å². The fourth-order valence-electron chi connectivity index (χ4n) is 2.21. The molecule has 1 aliphatic heterocycles. The number of hydrogen-bond donors (Lipinski definition) is 3. The van der Waals surface area contributed by atoms with E-state index < -0.39 is 5.97 Å². The minimum absolute atomic E-state index is 0.196. The summed E-state index contributed by atoms with van der Waals surface area (Å²) >= 11 is 0. The number of carbonyl (C=O) groups is 1. The molecule has 1 aromatic carbocycles. The highest BCUT2D eigenvalue weighted by atomic mass is 16.5. The summed E-state index contributed by atoms with van der Waals surface area (Å²) in [5.74, 6) is -0.981. The number of ether oxygens (including phenoxy) is 1. The summed E-state index contributed by atoms with van der Waals surface area (Å²) < 4.78 is 5.45. The lowest BCUT2D eigenvalue weighted by Gasteiger charge is -2.35. The van der Waals surface area contributed by atoms with E-state index >= 15 is 0 Å². The molecule has 5 heteroatoms. The smallest absolute Gasteiger partial charge is 0.337 e. The lowest BCUT2D eigenvalue weighted by molar-refractivity contribution is 0.0538. The Morgan fingerprint density at radius 3 is 2.94 bits per heavy atom. The first-order chi connectivity index (χ1) is 8.50. The first-order valence-corrected chi connectivity index (χ1v) is 5.99. The van der Waals surface area contributed by atoms with Gasteiger partial charge in [-0.05, 0) is 38.0 Å². The second-order valence-electron chi connectivity index (χ2n) is 4.95. The zero-order valence-corrected chi connectivity index (χ0v) is 10.4. The predicted molar refractivity (Wildman–Crippen MR) is 69.9 cm³/mol. The van der Waals surface area contributed by atoms with Gasteiger partial charge >= 0.3 is 5.97 Å². The summed E-state index contributed by atoms with van der Waals surface area (Å²) in [5, 5.41) is 12.4. The lowest BCUT2D eigenvalue weighted by Crippen LogP contribution is -2.43. The molecule has 5 nitrogen and oxygen atoms in total. The Kier molecular flexibility index (Phi) is 3.43. The van der Waals surface area contributed by atoms with Crippen LogP contribution in [0.5, 0.6) is 0 Å². The standard InChI is InChI=1S/C13H18N2O3/c1-13(5-2-6-18-8-13)15-11-4-3-9(14)7-10(11)12(16)17/h3-4,7,15H,2,5-6,8,14H2,1H3,(H,16,17). The van der Waals surface area contributed by atoms with Gasteiger partial charge in [-0.3, -0.25) is 0 Å². The van der Waals surface area contributed by atoms with Gasteiger partial charge in [-0.1, -0.05) is 0 Å². The molecule has 18 heavy (non-hydrogen) atoms. The molecule has 1 unspecified atom stereocenters. The van der Waals surface area contributed by atoms with E-state index in [4.69, 9.17) is 10.5 Å². The Morgan fingerprint density at radius 1 is 1.56 bits per heavy atom. The molecule has 1 atom stereocenters. The Labute approximate surface area is 106 Å². The predicted octanol–water partition coefficient (Wildman–Crippen LogP) is 1.95. The number of anilines is 2. The van der Waals surface area contributed by atoms with E-state index in [2.05, 4.69) is 5.32 Å². The van der Waals surface area contributed by atoms with Crippen LogP contribution in [0.1, 0.15) is 30.1 Å². The van der Waals surface area contributed by atoms with Crippen LogP contribution in [-0.4, -0.2) is 29.8 Å². The van der Waals surface area contributed by atoms with Gasteiger partial charge in [0.15, 0.2) is 0 Å². The van der Waals surface area contributed by atoms with Crippen LogP contribution in [0.2, 0.25) is 0 Å². The van der Waals surface area contributed by atoms with Crippen LogP contribution in [0.3, 0.4) is 0 Å². The van der Waals surface area contributed by atoms with Crippen LogP contribution in [0.25, 0.3) is 0 Å². The van der Waals surface area contributed by atoms with Crippen molar-refractivity contribution < 1.29 is 14.6 Å². The van der Waals surface area contributed by atoms with Crippen molar-refractivity contribution in [3.8, 4) is 0 Å². The second kappa shape index (κ2) is 4.86. The van der Waals surface area contributed by atoms with Gasteiger partial charge in [0.1, 0.15) is 0 Å². The number of carboxylic acids is 1. The van der Waals surface area contributed by atoms with Gasteiger partial charge in [0.05, 0.1) is 17.7 Å². The van der Waals surface area contributed by atoms with Crippen LogP contribution in [-0.2, 0) is 4.74 Å². The molecule has 0 radical (unpaired) electrons. The number of carboxylic acid groups (broad SMARTS) is 1. The first-order valence-electron chi connectivity index (χ1n) is 5.99. The van der Waals surface area contributed by atoms with Gasteiger partial charge in [-0.2, -0.15) is 0 Å². The molecule has 1 fully saturated rings. The van der Waals surface area contributed by atoms with Crippen molar-refractivity contribution in [1.82, 2.24) is 0 Å². The van der Waals surface area contributed by atoms with E-state index in [1.807, 2.05) is 6.92 Å². The average Bonchev–Trinajstić information content (AvgIpc) is 2.32. The molecule has 4 N–H and O–H groups in total. The molecule has 0 aliphatic carbocycles. The molecule has 1 aromatic rings. The second-order valence-corrected chi connectivity index (χ2v) is 4.95. The summed E-state index contributed by atoms with van der Waals surface area (Å²) in [4.78, 5) is 11.2. The third kappa shape index (κ3) is 2.73. The molecule has 0 bridgehead atoms. The fraction of sp³-hybridized carbons (Fsp3) is 0.462. The molecule has 1 heterocycles. The zero-order chi connectivity index (χ0) is 13.2. The highest BCUT2D eigenvalue weighted by Gasteiger charge is 2.28. The number of hydrogen-bond acceptors (Lipinski definition) is 4. The third-order valence-electron chi connectivity index (χ3n) is 3.15. The summed E-state index contributed by atoms with van der Waals surface area (Å²) in [6.07, 6.45) is 1.93. The van der Waals surface area contributed by atoms with Crippen LogP contribution < -0.4 is 11.1 Å². The quantitative estimate of drug-likeness (QED) is 0.714. The minimum Gasteiger partial charge on any atom is -0.478 e. The summed E-state index contributed by atoms with van der Waals surface area (Å²) in [5.41, 5.74) is 6.62. The minimum atomic E-state index is -0.981. The number of benzene rings is 1. The zero-order valence-electron chi connectivity index (χ0n) is 10.4. The van der Waals surface area contributed by atoms with Gasteiger partial charge in [0.2, 0.25) is 0 Å². The molecule has 1 saturated heterocycles. The van der Waals surface area contributed by atoms with E-state index in [-0.39, 0.29) is 11.1 Å². The van der Waals surface area contributed by atoms with Gasteiger partial charge in [-0.15, -0.1) is 0 Å². The van der Waals surface area contributed by atoms with Crippen molar-refractivity contribution >= 4 is 17.3 Å². The van der Waals surface area contributed by atoms with E-state index in [0.717, 1.165) is 19.4 Å². The number of aromatic carboxylic acids is 1. The Bertz CT molecular complexity index is 454. The van der Waals surface area contributed by atoms with Crippen molar-refractivity contribution in [2.45, 2.75) is 25.3 Å². The van der Waals surface area contributed by atoms with Crippen LogP contribution in [0.4, 0.5) is 11.4 Å². The molecular formula is C13H18N2O3. The van der Waals surface area contributed by atoms with E-state index in [9.17, 15) is 9.90 Å². The largest absolute Gasteiger partial charge is 0.478 e. The maximum absolute atomic E-state index is 11.2. The Morgan fingerprint density at radius 2 is 2.33 bits per heavy atom. The number of rotatable bonds is 3. The molecule has 98 valence electrons. The monoisotopic (exact) mass is 250 g/mol. The molecular weight excluding hydrogens is 232 g/mol. The van der Waals surface area contributed by atoms with E-state index in [1.54, 1.807) is 12.1 Å². The highest BCUT2D eigenvalue weighted by molar-refractivity contribution is 5.95. The van der Waals surface area contributed by atoms with Gasteiger partial charge in [-0.25, -0.2) is 4.79 Å². The van der Waals surface area contributed by atoms with Crippen molar-refractivity contribution in [3.05, 3.63) is 23.8 Å². The summed E-state index contributed by atoms with van der Waals surface area (Å²) in [7, 11) is 0. The van der Waals surface area contributed by atoms with Gasteiger partial charge in [0.25, 0.3) is 0 Å². The lowest BCUT2D eigenvalue weighted by atomic mass is 9.94. The fourth-order valence-corrected chi connectivity index (χ4v) is 2.21. The molecule has 0 spiro atoms. The van der Waals surface area contributed by atoms with Crippen LogP contribution >= 0.6 is 0 Å². The van der Waals surface area contributed by atoms with Gasteiger partial charge in [0, 0.05) is 18.0 Å². The highest BCUT2D eigenvalue weighted by Crippen LogP contribution is 2.27. The molecule has 1 aliphatic rings. The molecule has 2 rings (SSSR count).